The summed E-state index contributed by atoms with van der Waals surface area (Å²) in [6.45, 7) is 3.35. The van der Waals surface area contributed by atoms with Gasteiger partial charge in [-0.05, 0) is 13.8 Å². The average Bonchev–Trinajstić information content (AvgIpc) is 2.17. The van der Waals surface area contributed by atoms with Gasteiger partial charge < -0.3 is 14.4 Å². The quantitative estimate of drug-likeness (QED) is 0.472. The van der Waals surface area contributed by atoms with E-state index in [0.29, 0.717) is 0 Å². The molecule has 0 aliphatic carbocycles. The monoisotopic (exact) mass is 217 g/mol. The van der Waals surface area contributed by atoms with Crippen molar-refractivity contribution >= 4 is 17.8 Å². The SMILES string of the molecule is CCOC(=O)CN(C)C(=O)C(=O)OCC. The molecule has 0 bridgehead atoms. The Kier molecular flexibility index (Phi) is 6.08. The summed E-state index contributed by atoms with van der Waals surface area (Å²) in [4.78, 5) is 34.1. The van der Waals surface area contributed by atoms with Crippen LogP contribution in [0, 0.1) is 0 Å². The van der Waals surface area contributed by atoms with Crippen LogP contribution in [0.15, 0.2) is 0 Å². The van der Waals surface area contributed by atoms with Crippen molar-refractivity contribution in [2.45, 2.75) is 13.8 Å². The summed E-state index contributed by atoms with van der Waals surface area (Å²) >= 11 is 0. The lowest BCUT2D eigenvalue weighted by Crippen LogP contribution is -2.38. The molecule has 0 aromatic rings. The first-order chi connectivity index (χ1) is 7.02. The average molecular weight is 217 g/mol. The Labute approximate surface area is 88.1 Å². The van der Waals surface area contributed by atoms with Crippen LogP contribution in [0.2, 0.25) is 0 Å². The fourth-order valence-corrected chi connectivity index (χ4v) is 0.821. The second-order valence-electron chi connectivity index (χ2n) is 2.69. The van der Waals surface area contributed by atoms with Crippen LogP contribution in [-0.4, -0.2) is 49.6 Å². The molecule has 0 aromatic carbocycles. The molecule has 0 radical (unpaired) electrons. The van der Waals surface area contributed by atoms with Gasteiger partial charge in [-0.1, -0.05) is 0 Å². The molecule has 6 heteroatoms. The van der Waals surface area contributed by atoms with Crippen LogP contribution in [0.25, 0.3) is 0 Å². The van der Waals surface area contributed by atoms with Gasteiger partial charge in [0.2, 0.25) is 0 Å². The van der Waals surface area contributed by atoms with Gasteiger partial charge in [-0.3, -0.25) is 9.59 Å². The van der Waals surface area contributed by atoms with Gasteiger partial charge in [-0.2, -0.15) is 0 Å². The third-order valence-electron chi connectivity index (χ3n) is 1.47. The van der Waals surface area contributed by atoms with E-state index in [2.05, 4.69) is 9.47 Å². The van der Waals surface area contributed by atoms with E-state index in [0.717, 1.165) is 4.90 Å². The van der Waals surface area contributed by atoms with Gasteiger partial charge in [0.1, 0.15) is 6.54 Å². The van der Waals surface area contributed by atoms with Gasteiger partial charge in [0.25, 0.3) is 0 Å². The Balaban J connectivity index is 4.09. The highest BCUT2D eigenvalue weighted by Crippen LogP contribution is 1.90. The highest BCUT2D eigenvalue weighted by Gasteiger charge is 2.21. The molecule has 0 saturated carbocycles. The largest absolute Gasteiger partial charge is 0.465 e. The molecule has 86 valence electrons. The lowest BCUT2D eigenvalue weighted by Gasteiger charge is -2.14. The van der Waals surface area contributed by atoms with E-state index >= 15 is 0 Å². The predicted molar refractivity (Wildman–Crippen MR) is 50.9 cm³/mol. The smallest absolute Gasteiger partial charge is 0.397 e. The third-order valence-corrected chi connectivity index (χ3v) is 1.47. The Hall–Kier alpha value is -1.59. The molecule has 0 rings (SSSR count). The Morgan fingerprint density at radius 3 is 2.07 bits per heavy atom. The van der Waals surface area contributed by atoms with Crippen molar-refractivity contribution in [3.8, 4) is 0 Å². The van der Waals surface area contributed by atoms with Crippen LogP contribution in [-0.2, 0) is 23.9 Å². The van der Waals surface area contributed by atoms with Crippen molar-refractivity contribution in [2.24, 2.45) is 0 Å². The molecular formula is C9H15NO5. The standard InChI is InChI=1S/C9H15NO5/c1-4-14-7(11)6-10(3)8(12)9(13)15-5-2/h4-6H2,1-3H3. The van der Waals surface area contributed by atoms with Crippen LogP contribution < -0.4 is 0 Å². The maximum Gasteiger partial charge on any atom is 0.397 e. The Morgan fingerprint density at radius 2 is 1.60 bits per heavy atom. The first kappa shape index (κ1) is 13.4. The molecule has 0 N–H and O–H groups in total. The van der Waals surface area contributed by atoms with Crippen molar-refractivity contribution in [2.75, 3.05) is 26.8 Å². The summed E-state index contributed by atoms with van der Waals surface area (Å²) in [5, 5.41) is 0. The summed E-state index contributed by atoms with van der Waals surface area (Å²) in [7, 11) is 1.33. The molecule has 1 amide bonds. The van der Waals surface area contributed by atoms with Crippen molar-refractivity contribution < 1.29 is 23.9 Å². The molecule has 15 heavy (non-hydrogen) atoms. The van der Waals surface area contributed by atoms with Crippen LogP contribution in [0.5, 0.6) is 0 Å². The highest BCUT2D eigenvalue weighted by atomic mass is 16.5. The minimum absolute atomic E-state index is 0.123. The van der Waals surface area contributed by atoms with Gasteiger partial charge in [-0.25, -0.2) is 4.79 Å². The first-order valence-electron chi connectivity index (χ1n) is 4.60. The predicted octanol–water partition coefficient (Wildman–Crippen LogP) is -0.429. The van der Waals surface area contributed by atoms with Crippen molar-refractivity contribution in [3.63, 3.8) is 0 Å². The number of nitrogens with zero attached hydrogens (tertiary/aromatic N) is 1. The normalized spacial score (nSPS) is 9.27. The number of rotatable bonds is 4. The van der Waals surface area contributed by atoms with E-state index in [1.54, 1.807) is 13.8 Å². The van der Waals surface area contributed by atoms with Gasteiger partial charge in [0.05, 0.1) is 13.2 Å². The highest BCUT2D eigenvalue weighted by molar-refractivity contribution is 6.32. The molecule has 0 aliphatic heterocycles. The zero-order valence-corrected chi connectivity index (χ0v) is 9.11. The Bertz CT molecular complexity index is 251. The van der Waals surface area contributed by atoms with E-state index < -0.39 is 17.8 Å². The van der Waals surface area contributed by atoms with E-state index in [9.17, 15) is 14.4 Å². The van der Waals surface area contributed by atoms with Crippen LogP contribution in [0.4, 0.5) is 0 Å². The number of amides is 1. The summed E-state index contributed by atoms with van der Waals surface area (Å²) < 4.78 is 9.10. The van der Waals surface area contributed by atoms with E-state index in [4.69, 9.17) is 0 Å². The fourth-order valence-electron chi connectivity index (χ4n) is 0.821. The molecule has 0 atom stereocenters. The van der Waals surface area contributed by atoms with E-state index in [1.807, 2.05) is 0 Å². The zero-order valence-electron chi connectivity index (χ0n) is 9.11. The minimum atomic E-state index is -0.968. The second-order valence-corrected chi connectivity index (χ2v) is 2.69. The third kappa shape index (κ3) is 4.99. The van der Waals surface area contributed by atoms with Crippen molar-refractivity contribution in [1.82, 2.24) is 4.90 Å². The molecule has 0 unspecified atom stereocenters. The number of carbonyl (C=O) groups excluding carboxylic acids is 3. The van der Waals surface area contributed by atoms with Crippen molar-refractivity contribution in [3.05, 3.63) is 0 Å². The van der Waals surface area contributed by atoms with Crippen LogP contribution in [0.3, 0.4) is 0 Å². The number of ether oxygens (including phenoxy) is 2. The molecule has 0 fully saturated rings. The maximum atomic E-state index is 11.2. The maximum absolute atomic E-state index is 11.2. The molecule has 0 aliphatic rings. The van der Waals surface area contributed by atoms with E-state index in [-0.39, 0.29) is 19.8 Å². The molecule has 6 nitrogen and oxygen atoms in total. The van der Waals surface area contributed by atoms with Gasteiger partial charge in [0.15, 0.2) is 0 Å². The van der Waals surface area contributed by atoms with Crippen LogP contribution >= 0.6 is 0 Å². The molecule has 0 saturated heterocycles. The lowest BCUT2D eigenvalue weighted by molar-refractivity contribution is -0.161. The summed E-state index contributed by atoms with van der Waals surface area (Å²) in [6, 6.07) is 0. The Morgan fingerprint density at radius 1 is 1.07 bits per heavy atom. The second kappa shape index (κ2) is 6.80. The van der Waals surface area contributed by atoms with Crippen LogP contribution in [0.1, 0.15) is 13.8 Å². The topological polar surface area (TPSA) is 72.9 Å². The van der Waals surface area contributed by atoms with Gasteiger partial charge in [0, 0.05) is 7.05 Å². The van der Waals surface area contributed by atoms with Crippen molar-refractivity contribution in [1.29, 1.82) is 0 Å². The summed E-state index contributed by atoms with van der Waals surface area (Å²) in [5.74, 6) is -2.38. The summed E-state index contributed by atoms with van der Waals surface area (Å²) in [5.41, 5.74) is 0. The summed E-state index contributed by atoms with van der Waals surface area (Å²) in [6.07, 6.45) is 0. The molecular weight excluding hydrogens is 202 g/mol. The minimum Gasteiger partial charge on any atom is -0.465 e. The molecule has 0 aromatic heterocycles. The zero-order chi connectivity index (χ0) is 11.8. The number of esters is 2. The van der Waals surface area contributed by atoms with Gasteiger partial charge >= 0.3 is 17.8 Å². The first-order valence-corrected chi connectivity index (χ1v) is 4.60. The number of hydrogen-bond acceptors (Lipinski definition) is 5. The number of carbonyl (C=O) groups is 3. The fraction of sp³-hybridized carbons (Fsp3) is 0.667. The van der Waals surface area contributed by atoms with Gasteiger partial charge in [-0.15, -0.1) is 0 Å². The molecule has 0 spiro atoms. The molecule has 0 heterocycles. The van der Waals surface area contributed by atoms with E-state index in [1.165, 1.54) is 7.05 Å². The number of hydrogen-bond donors (Lipinski definition) is 0. The number of likely N-dealkylation sites (N-methyl/N-ethyl adjacent to an activating group) is 1. The lowest BCUT2D eigenvalue weighted by atomic mass is 10.5.